The fourth-order valence-corrected chi connectivity index (χ4v) is 2.71. The maximum Gasteiger partial charge on any atom is 0.249 e. The van der Waals surface area contributed by atoms with Gasteiger partial charge in [0, 0.05) is 24.4 Å². The Bertz CT molecular complexity index is 799. The number of ether oxygens (including phenoxy) is 2. The second-order valence-corrected chi connectivity index (χ2v) is 5.48. The van der Waals surface area contributed by atoms with Crippen molar-refractivity contribution >= 4 is 17.7 Å². The molecule has 0 saturated carbocycles. The maximum atomic E-state index is 12.3. The predicted octanol–water partition coefficient (Wildman–Crippen LogP) is 2.54. The number of hydrogen-bond acceptors (Lipinski definition) is 4. The molecule has 0 fully saturated rings. The van der Waals surface area contributed by atoms with Crippen molar-refractivity contribution in [1.82, 2.24) is 5.32 Å². The summed E-state index contributed by atoms with van der Waals surface area (Å²) >= 11 is 0. The van der Waals surface area contributed by atoms with Crippen molar-refractivity contribution in [3.8, 4) is 11.5 Å². The minimum absolute atomic E-state index is 0.0651. The van der Waals surface area contributed by atoms with E-state index in [0.29, 0.717) is 13.1 Å². The van der Waals surface area contributed by atoms with Crippen molar-refractivity contribution < 1.29 is 14.3 Å². The number of rotatable bonds is 3. The molecular formula is C18H16N2O3. The van der Waals surface area contributed by atoms with Gasteiger partial charge < -0.3 is 20.1 Å². The zero-order chi connectivity index (χ0) is 15.6. The number of para-hydroxylation sites is 1. The topological polar surface area (TPSA) is 59.6 Å². The van der Waals surface area contributed by atoms with Crippen LogP contribution in [-0.4, -0.2) is 19.2 Å². The molecule has 5 nitrogen and oxygen atoms in total. The van der Waals surface area contributed by atoms with Crippen molar-refractivity contribution in [2.24, 2.45) is 0 Å². The second-order valence-electron chi connectivity index (χ2n) is 5.48. The first-order valence-electron chi connectivity index (χ1n) is 7.50. The van der Waals surface area contributed by atoms with Crippen molar-refractivity contribution in [2.45, 2.75) is 6.54 Å². The van der Waals surface area contributed by atoms with E-state index in [-0.39, 0.29) is 12.7 Å². The summed E-state index contributed by atoms with van der Waals surface area (Å²) < 4.78 is 10.6. The summed E-state index contributed by atoms with van der Waals surface area (Å²) in [5, 5.41) is 6.21. The number of fused-ring (bicyclic) bond motifs is 2. The number of nitrogens with one attached hydrogen (secondary N) is 2. The van der Waals surface area contributed by atoms with Gasteiger partial charge in [0.15, 0.2) is 11.5 Å². The molecule has 2 aromatic rings. The van der Waals surface area contributed by atoms with Crippen LogP contribution >= 0.6 is 0 Å². The minimum Gasteiger partial charge on any atom is -0.454 e. The van der Waals surface area contributed by atoms with E-state index in [1.165, 1.54) is 0 Å². The highest BCUT2D eigenvalue weighted by Crippen LogP contribution is 2.32. The fourth-order valence-electron chi connectivity index (χ4n) is 2.71. The molecule has 0 saturated heterocycles. The zero-order valence-electron chi connectivity index (χ0n) is 12.5. The van der Waals surface area contributed by atoms with Crippen LogP contribution in [0.3, 0.4) is 0 Å². The number of carbonyl (C=O) groups excluding carboxylic acids is 1. The SMILES string of the molecule is O=C(NCc1ccc2c(c1)OCO2)C1=Cc2ccccc2NC1. The summed E-state index contributed by atoms with van der Waals surface area (Å²) in [6.45, 7) is 1.24. The van der Waals surface area contributed by atoms with Gasteiger partial charge in [-0.1, -0.05) is 24.3 Å². The van der Waals surface area contributed by atoms with E-state index in [1.54, 1.807) is 0 Å². The first-order valence-corrected chi connectivity index (χ1v) is 7.50. The monoisotopic (exact) mass is 308 g/mol. The Labute approximate surface area is 133 Å². The molecule has 2 heterocycles. The number of carbonyl (C=O) groups is 1. The third kappa shape index (κ3) is 2.73. The van der Waals surface area contributed by atoms with Gasteiger partial charge in [-0.2, -0.15) is 0 Å². The Morgan fingerprint density at radius 3 is 2.96 bits per heavy atom. The lowest BCUT2D eigenvalue weighted by atomic mass is 10.0. The molecule has 0 bridgehead atoms. The molecule has 0 atom stereocenters. The average Bonchev–Trinajstić information content (AvgIpc) is 3.07. The molecule has 0 aliphatic carbocycles. The summed E-state index contributed by atoms with van der Waals surface area (Å²) in [5.74, 6) is 1.41. The molecule has 2 aromatic carbocycles. The van der Waals surface area contributed by atoms with Crippen LogP contribution in [0.2, 0.25) is 0 Å². The van der Waals surface area contributed by atoms with E-state index in [1.807, 2.05) is 48.5 Å². The molecule has 0 unspecified atom stereocenters. The van der Waals surface area contributed by atoms with Gasteiger partial charge in [0.1, 0.15) is 0 Å². The Hall–Kier alpha value is -2.95. The molecule has 0 radical (unpaired) electrons. The molecule has 2 aliphatic heterocycles. The van der Waals surface area contributed by atoms with Crippen LogP contribution in [0.25, 0.3) is 6.08 Å². The summed E-state index contributed by atoms with van der Waals surface area (Å²) in [7, 11) is 0. The number of hydrogen-bond donors (Lipinski definition) is 2. The molecule has 2 aliphatic rings. The lowest BCUT2D eigenvalue weighted by molar-refractivity contribution is -0.117. The van der Waals surface area contributed by atoms with Crippen molar-refractivity contribution in [1.29, 1.82) is 0 Å². The van der Waals surface area contributed by atoms with Gasteiger partial charge >= 0.3 is 0 Å². The largest absolute Gasteiger partial charge is 0.454 e. The second kappa shape index (κ2) is 5.68. The molecule has 4 rings (SSSR count). The van der Waals surface area contributed by atoms with Crippen molar-refractivity contribution in [3.63, 3.8) is 0 Å². The summed E-state index contributed by atoms with van der Waals surface area (Å²) in [5.41, 5.74) is 3.80. The van der Waals surface area contributed by atoms with Crippen LogP contribution in [0, 0.1) is 0 Å². The Morgan fingerprint density at radius 2 is 2.00 bits per heavy atom. The molecule has 0 aromatic heterocycles. The van der Waals surface area contributed by atoms with Crippen molar-refractivity contribution in [3.05, 3.63) is 59.2 Å². The highest BCUT2D eigenvalue weighted by atomic mass is 16.7. The van der Waals surface area contributed by atoms with Crippen LogP contribution in [0.5, 0.6) is 11.5 Å². The number of benzene rings is 2. The number of anilines is 1. The lowest BCUT2D eigenvalue weighted by Gasteiger charge is -2.18. The standard InChI is InChI=1S/C18H16N2O3/c21-18(14-8-13-3-1-2-4-15(13)19-10-14)20-9-12-5-6-16-17(7-12)23-11-22-16/h1-8,19H,9-11H2,(H,20,21). The van der Waals surface area contributed by atoms with Gasteiger partial charge in [-0.05, 0) is 35.4 Å². The first kappa shape index (κ1) is 13.7. The van der Waals surface area contributed by atoms with E-state index in [9.17, 15) is 4.79 Å². The van der Waals surface area contributed by atoms with Gasteiger partial charge in [0.25, 0.3) is 0 Å². The molecule has 1 amide bonds. The molecule has 0 spiro atoms. The lowest BCUT2D eigenvalue weighted by Crippen LogP contribution is -2.28. The van der Waals surface area contributed by atoms with Gasteiger partial charge in [0.05, 0.1) is 0 Å². The van der Waals surface area contributed by atoms with E-state index >= 15 is 0 Å². The molecular weight excluding hydrogens is 292 g/mol. The molecule has 23 heavy (non-hydrogen) atoms. The van der Waals surface area contributed by atoms with E-state index in [0.717, 1.165) is 33.9 Å². The summed E-state index contributed by atoms with van der Waals surface area (Å²) in [6.07, 6.45) is 1.93. The number of amides is 1. The molecule has 2 N–H and O–H groups in total. The van der Waals surface area contributed by atoms with Gasteiger partial charge in [-0.15, -0.1) is 0 Å². The minimum atomic E-state index is -0.0651. The van der Waals surface area contributed by atoms with Gasteiger partial charge in [-0.3, -0.25) is 4.79 Å². The van der Waals surface area contributed by atoms with E-state index < -0.39 is 0 Å². The first-order chi connectivity index (χ1) is 11.3. The van der Waals surface area contributed by atoms with Gasteiger partial charge in [-0.25, -0.2) is 0 Å². The van der Waals surface area contributed by atoms with E-state index in [2.05, 4.69) is 10.6 Å². The zero-order valence-corrected chi connectivity index (χ0v) is 12.5. The normalized spacial score (nSPS) is 14.5. The van der Waals surface area contributed by atoms with Crippen LogP contribution in [0.4, 0.5) is 5.69 Å². The fraction of sp³-hybridized carbons (Fsp3) is 0.167. The van der Waals surface area contributed by atoms with E-state index in [4.69, 9.17) is 9.47 Å². The highest BCUT2D eigenvalue weighted by molar-refractivity contribution is 6.00. The van der Waals surface area contributed by atoms with Crippen LogP contribution < -0.4 is 20.1 Å². The third-order valence-electron chi connectivity index (χ3n) is 3.94. The quantitative estimate of drug-likeness (QED) is 0.915. The summed E-state index contributed by atoms with van der Waals surface area (Å²) in [4.78, 5) is 12.3. The predicted molar refractivity (Wildman–Crippen MR) is 87.3 cm³/mol. The van der Waals surface area contributed by atoms with Crippen molar-refractivity contribution in [2.75, 3.05) is 18.7 Å². The van der Waals surface area contributed by atoms with Gasteiger partial charge in [0.2, 0.25) is 12.7 Å². The Morgan fingerprint density at radius 1 is 1.13 bits per heavy atom. The van der Waals surface area contributed by atoms with Crippen LogP contribution in [-0.2, 0) is 11.3 Å². The van der Waals surface area contributed by atoms with Crippen LogP contribution in [0.15, 0.2) is 48.0 Å². The van der Waals surface area contributed by atoms with Crippen LogP contribution in [0.1, 0.15) is 11.1 Å². The highest BCUT2D eigenvalue weighted by Gasteiger charge is 2.16. The summed E-state index contributed by atoms with van der Waals surface area (Å²) in [6, 6.07) is 13.6. The third-order valence-corrected chi connectivity index (χ3v) is 3.94. The molecule has 5 heteroatoms. The Balaban J connectivity index is 1.44. The smallest absolute Gasteiger partial charge is 0.249 e. The average molecular weight is 308 g/mol. The maximum absolute atomic E-state index is 12.3. The Kier molecular flexibility index (Phi) is 3.38. The molecule has 116 valence electrons.